The Balaban J connectivity index is 1.58. The SMILES string of the molecule is CCS[C@@H]1CC[C@H](NC(=O)N2CCCC[C@@H]2c2cn[nH]c2)C1. The van der Waals surface area contributed by atoms with E-state index in [0.29, 0.717) is 6.04 Å². The van der Waals surface area contributed by atoms with Gasteiger partial charge in [0.05, 0.1) is 12.2 Å². The van der Waals surface area contributed by atoms with Gasteiger partial charge in [0, 0.05) is 29.6 Å². The first-order valence-corrected chi connectivity index (χ1v) is 9.50. The lowest BCUT2D eigenvalue weighted by atomic mass is 9.98. The summed E-state index contributed by atoms with van der Waals surface area (Å²) in [7, 11) is 0. The largest absolute Gasteiger partial charge is 0.335 e. The third-order valence-corrected chi connectivity index (χ3v) is 6.02. The molecule has 0 aromatic carbocycles. The molecule has 0 unspecified atom stereocenters. The number of carbonyl (C=O) groups is 1. The van der Waals surface area contributed by atoms with Crippen LogP contribution in [0.5, 0.6) is 0 Å². The maximum Gasteiger partial charge on any atom is 0.318 e. The Hall–Kier alpha value is -1.17. The van der Waals surface area contributed by atoms with E-state index in [-0.39, 0.29) is 12.1 Å². The van der Waals surface area contributed by atoms with E-state index in [1.165, 1.54) is 18.6 Å². The summed E-state index contributed by atoms with van der Waals surface area (Å²) in [5.41, 5.74) is 1.13. The normalized spacial score (nSPS) is 28.8. The summed E-state index contributed by atoms with van der Waals surface area (Å²) in [6.07, 6.45) is 10.5. The van der Waals surface area contributed by atoms with Gasteiger partial charge in [-0.3, -0.25) is 5.10 Å². The molecular weight excluding hydrogens is 296 g/mol. The lowest BCUT2D eigenvalue weighted by Crippen LogP contribution is -2.47. The predicted octanol–water partition coefficient (Wildman–Crippen LogP) is 3.32. The molecule has 1 aliphatic heterocycles. The highest BCUT2D eigenvalue weighted by molar-refractivity contribution is 7.99. The van der Waals surface area contributed by atoms with Gasteiger partial charge in [0.1, 0.15) is 0 Å². The number of amides is 2. The van der Waals surface area contributed by atoms with Crippen molar-refractivity contribution >= 4 is 17.8 Å². The molecule has 0 bridgehead atoms. The van der Waals surface area contributed by atoms with E-state index < -0.39 is 0 Å². The van der Waals surface area contributed by atoms with Crippen molar-refractivity contribution in [3.8, 4) is 0 Å². The number of rotatable bonds is 4. The molecule has 2 N–H and O–H groups in total. The molecule has 1 saturated carbocycles. The molecule has 3 atom stereocenters. The molecular formula is C16H26N4OS. The van der Waals surface area contributed by atoms with Crippen molar-refractivity contribution in [2.24, 2.45) is 0 Å². The lowest BCUT2D eigenvalue weighted by molar-refractivity contribution is 0.148. The van der Waals surface area contributed by atoms with Gasteiger partial charge in [-0.2, -0.15) is 16.9 Å². The van der Waals surface area contributed by atoms with Crippen LogP contribution in [0, 0.1) is 0 Å². The molecule has 2 aliphatic rings. The summed E-state index contributed by atoms with van der Waals surface area (Å²) >= 11 is 2.03. The molecule has 122 valence electrons. The third-order valence-electron chi connectivity index (χ3n) is 4.78. The molecule has 0 radical (unpaired) electrons. The molecule has 22 heavy (non-hydrogen) atoms. The van der Waals surface area contributed by atoms with Crippen LogP contribution in [0.4, 0.5) is 4.79 Å². The molecule has 6 heteroatoms. The Morgan fingerprint density at radius 3 is 3.14 bits per heavy atom. The van der Waals surface area contributed by atoms with E-state index in [1.54, 1.807) is 0 Å². The van der Waals surface area contributed by atoms with Crippen molar-refractivity contribution in [3.63, 3.8) is 0 Å². The minimum Gasteiger partial charge on any atom is -0.335 e. The van der Waals surface area contributed by atoms with Gasteiger partial charge in [-0.1, -0.05) is 6.92 Å². The molecule has 2 fully saturated rings. The van der Waals surface area contributed by atoms with Crippen LogP contribution < -0.4 is 5.32 Å². The Kier molecular flexibility index (Phi) is 5.28. The second-order valence-electron chi connectivity index (χ2n) is 6.27. The van der Waals surface area contributed by atoms with E-state index >= 15 is 0 Å². The summed E-state index contributed by atoms with van der Waals surface area (Å²) in [6.45, 7) is 3.06. The van der Waals surface area contributed by atoms with E-state index in [4.69, 9.17) is 0 Å². The molecule has 2 heterocycles. The van der Waals surface area contributed by atoms with Crippen LogP contribution in [0.25, 0.3) is 0 Å². The van der Waals surface area contributed by atoms with Crippen molar-refractivity contribution in [2.45, 2.75) is 62.8 Å². The zero-order chi connectivity index (χ0) is 15.4. The van der Waals surface area contributed by atoms with Crippen molar-refractivity contribution in [1.82, 2.24) is 20.4 Å². The van der Waals surface area contributed by atoms with Crippen molar-refractivity contribution in [2.75, 3.05) is 12.3 Å². The average Bonchev–Trinajstić information content (AvgIpc) is 3.19. The van der Waals surface area contributed by atoms with E-state index in [9.17, 15) is 4.79 Å². The Labute approximate surface area is 136 Å². The molecule has 2 amide bonds. The predicted molar refractivity (Wildman–Crippen MR) is 90.0 cm³/mol. The summed E-state index contributed by atoms with van der Waals surface area (Å²) in [6, 6.07) is 0.635. The van der Waals surface area contributed by atoms with E-state index in [1.807, 2.05) is 29.1 Å². The zero-order valence-electron chi connectivity index (χ0n) is 13.3. The maximum absolute atomic E-state index is 12.7. The van der Waals surface area contributed by atoms with Gasteiger partial charge in [0.15, 0.2) is 0 Å². The average molecular weight is 322 g/mol. The van der Waals surface area contributed by atoms with E-state index in [0.717, 1.165) is 43.0 Å². The number of hydrogen-bond donors (Lipinski definition) is 2. The number of hydrogen-bond acceptors (Lipinski definition) is 3. The minimum absolute atomic E-state index is 0.109. The van der Waals surface area contributed by atoms with Gasteiger partial charge >= 0.3 is 6.03 Å². The first kappa shape index (κ1) is 15.7. The molecule has 5 nitrogen and oxygen atoms in total. The first-order valence-electron chi connectivity index (χ1n) is 8.45. The number of aromatic amines is 1. The van der Waals surface area contributed by atoms with Crippen molar-refractivity contribution in [1.29, 1.82) is 0 Å². The Morgan fingerprint density at radius 1 is 1.45 bits per heavy atom. The molecule has 1 saturated heterocycles. The molecule has 3 rings (SSSR count). The van der Waals surface area contributed by atoms with Crippen molar-refractivity contribution in [3.05, 3.63) is 18.0 Å². The van der Waals surface area contributed by atoms with Gasteiger partial charge in [-0.05, 0) is 44.3 Å². The Morgan fingerprint density at radius 2 is 2.36 bits per heavy atom. The number of thioether (sulfide) groups is 1. The monoisotopic (exact) mass is 322 g/mol. The topological polar surface area (TPSA) is 61.0 Å². The minimum atomic E-state index is 0.109. The van der Waals surface area contributed by atoms with Gasteiger partial charge in [-0.15, -0.1) is 0 Å². The molecule has 1 aromatic heterocycles. The van der Waals surface area contributed by atoms with Crippen molar-refractivity contribution < 1.29 is 4.79 Å². The second kappa shape index (κ2) is 7.40. The third kappa shape index (κ3) is 3.59. The number of urea groups is 1. The Bertz CT molecular complexity index is 479. The van der Waals surface area contributed by atoms with Gasteiger partial charge in [0.25, 0.3) is 0 Å². The number of carbonyl (C=O) groups excluding carboxylic acids is 1. The number of likely N-dealkylation sites (tertiary alicyclic amines) is 1. The van der Waals surface area contributed by atoms with Crippen LogP contribution in [0.15, 0.2) is 12.4 Å². The molecule has 1 aliphatic carbocycles. The quantitative estimate of drug-likeness (QED) is 0.894. The fraction of sp³-hybridized carbons (Fsp3) is 0.750. The number of H-pyrrole nitrogens is 1. The number of nitrogens with one attached hydrogen (secondary N) is 2. The van der Waals surface area contributed by atoms with Crippen LogP contribution >= 0.6 is 11.8 Å². The highest BCUT2D eigenvalue weighted by Gasteiger charge is 2.32. The smallest absolute Gasteiger partial charge is 0.318 e. The van der Waals surface area contributed by atoms with Crippen LogP contribution in [-0.4, -0.2) is 44.7 Å². The summed E-state index contributed by atoms with van der Waals surface area (Å²) in [5.74, 6) is 1.17. The zero-order valence-corrected chi connectivity index (χ0v) is 14.1. The summed E-state index contributed by atoms with van der Waals surface area (Å²) in [5, 5.41) is 10.9. The second-order valence-corrected chi connectivity index (χ2v) is 7.85. The number of aromatic nitrogens is 2. The number of piperidine rings is 1. The van der Waals surface area contributed by atoms with Crippen LogP contribution in [0.2, 0.25) is 0 Å². The van der Waals surface area contributed by atoms with Gasteiger partial charge in [0.2, 0.25) is 0 Å². The molecule has 0 spiro atoms. The first-order chi connectivity index (χ1) is 10.8. The fourth-order valence-corrected chi connectivity index (χ4v) is 4.82. The fourth-order valence-electron chi connectivity index (χ4n) is 3.68. The summed E-state index contributed by atoms with van der Waals surface area (Å²) < 4.78 is 0. The number of nitrogens with zero attached hydrogens (tertiary/aromatic N) is 2. The maximum atomic E-state index is 12.7. The van der Waals surface area contributed by atoms with Gasteiger partial charge in [-0.25, -0.2) is 4.79 Å². The van der Waals surface area contributed by atoms with E-state index in [2.05, 4.69) is 22.4 Å². The standard InChI is InChI=1S/C16H26N4OS/c1-2-22-14-7-6-13(9-14)19-16(21)20-8-4-3-5-15(20)12-10-17-18-11-12/h10-11,13-15H,2-9H2,1H3,(H,17,18)(H,19,21)/t13-,14+,15+/m0/s1. The van der Waals surface area contributed by atoms with Crippen LogP contribution in [0.3, 0.4) is 0 Å². The van der Waals surface area contributed by atoms with Gasteiger partial charge < -0.3 is 10.2 Å². The van der Waals surface area contributed by atoms with Crippen LogP contribution in [-0.2, 0) is 0 Å². The summed E-state index contributed by atoms with van der Waals surface area (Å²) in [4.78, 5) is 14.7. The van der Waals surface area contributed by atoms with Crippen LogP contribution in [0.1, 0.15) is 57.1 Å². The highest BCUT2D eigenvalue weighted by Crippen LogP contribution is 2.32. The molecule has 1 aromatic rings. The highest BCUT2D eigenvalue weighted by atomic mass is 32.2. The lowest BCUT2D eigenvalue weighted by Gasteiger charge is -2.36.